The van der Waals surface area contributed by atoms with E-state index in [9.17, 15) is 9.59 Å². The summed E-state index contributed by atoms with van der Waals surface area (Å²) in [7, 11) is 0. The van der Waals surface area contributed by atoms with E-state index in [-0.39, 0.29) is 16.9 Å². The molecule has 0 atom stereocenters. The molecule has 4 bridgehead atoms. The Balaban J connectivity index is 1.42. The van der Waals surface area contributed by atoms with Crippen molar-refractivity contribution in [2.24, 2.45) is 23.2 Å². The molecule has 6 rings (SSSR count). The van der Waals surface area contributed by atoms with Crippen LogP contribution in [-0.4, -0.2) is 10.5 Å². The van der Waals surface area contributed by atoms with E-state index < -0.39 is 0 Å². The average molecular weight is 348 g/mol. The van der Waals surface area contributed by atoms with Gasteiger partial charge in [0.25, 0.3) is 5.56 Å². The van der Waals surface area contributed by atoms with Crippen LogP contribution in [0.15, 0.2) is 53.5 Å². The summed E-state index contributed by atoms with van der Waals surface area (Å²) in [5.74, 6) is 2.38. The average Bonchev–Trinajstić information content (AvgIpc) is 2.63. The van der Waals surface area contributed by atoms with Gasteiger partial charge in [-0.15, -0.1) is 0 Å². The Labute approximate surface area is 153 Å². The van der Waals surface area contributed by atoms with Crippen molar-refractivity contribution in [3.63, 3.8) is 0 Å². The zero-order valence-electron chi connectivity index (χ0n) is 14.9. The first-order valence-corrected chi connectivity index (χ1v) is 9.71. The molecule has 2 aromatic rings. The predicted octanol–water partition coefficient (Wildman–Crippen LogP) is 3.99. The predicted molar refractivity (Wildman–Crippen MR) is 101 cm³/mol. The molecule has 0 saturated heterocycles. The topological polar surface area (TPSA) is 51.1 Å². The number of rotatable bonds is 3. The van der Waals surface area contributed by atoms with Gasteiger partial charge in [-0.25, -0.2) is 0 Å². The molecule has 0 unspecified atom stereocenters. The van der Waals surface area contributed by atoms with Gasteiger partial charge in [-0.2, -0.15) is 0 Å². The summed E-state index contributed by atoms with van der Waals surface area (Å²) in [5, 5.41) is 3.14. The Morgan fingerprint density at radius 3 is 2.15 bits per heavy atom. The number of aromatic nitrogens is 1. The maximum Gasteiger partial charge on any atom is 0.255 e. The Hall–Kier alpha value is -2.36. The lowest BCUT2D eigenvalue weighted by Gasteiger charge is -2.55. The molecule has 4 fully saturated rings. The minimum Gasteiger partial charge on any atom is -0.324 e. The highest BCUT2D eigenvalue weighted by molar-refractivity contribution is 5.95. The molecule has 0 radical (unpaired) electrons. The fraction of sp³-hybridized carbons (Fsp3) is 0.455. The summed E-state index contributed by atoms with van der Waals surface area (Å²) >= 11 is 0. The Morgan fingerprint density at radius 1 is 0.923 bits per heavy atom. The van der Waals surface area contributed by atoms with E-state index in [0.29, 0.717) is 5.69 Å². The zero-order valence-corrected chi connectivity index (χ0v) is 14.9. The first-order valence-electron chi connectivity index (χ1n) is 9.71. The van der Waals surface area contributed by atoms with Gasteiger partial charge in [-0.3, -0.25) is 14.2 Å². The molecule has 1 aromatic heterocycles. The van der Waals surface area contributed by atoms with Crippen molar-refractivity contribution in [2.45, 2.75) is 38.5 Å². The van der Waals surface area contributed by atoms with Gasteiger partial charge >= 0.3 is 0 Å². The van der Waals surface area contributed by atoms with Gasteiger partial charge in [0.05, 0.1) is 11.1 Å². The van der Waals surface area contributed by atoms with Gasteiger partial charge in [0.1, 0.15) is 0 Å². The number of benzene rings is 1. The minimum atomic E-state index is -0.178. The number of hydrogen-bond acceptors (Lipinski definition) is 2. The van der Waals surface area contributed by atoms with E-state index in [1.165, 1.54) is 25.3 Å². The number of pyridine rings is 1. The molecule has 26 heavy (non-hydrogen) atoms. The van der Waals surface area contributed by atoms with Crippen LogP contribution in [0.1, 0.15) is 38.5 Å². The molecule has 0 spiro atoms. The van der Waals surface area contributed by atoms with Gasteiger partial charge < -0.3 is 5.32 Å². The van der Waals surface area contributed by atoms with E-state index in [1.807, 2.05) is 30.3 Å². The molecule has 1 aromatic carbocycles. The highest BCUT2D eigenvalue weighted by atomic mass is 16.2. The van der Waals surface area contributed by atoms with E-state index >= 15 is 0 Å². The molecule has 0 aliphatic heterocycles. The molecule has 134 valence electrons. The van der Waals surface area contributed by atoms with Crippen molar-refractivity contribution in [1.82, 2.24) is 4.57 Å². The Bertz CT molecular complexity index is 865. The monoisotopic (exact) mass is 348 g/mol. The van der Waals surface area contributed by atoms with Crippen molar-refractivity contribution in [3.8, 4) is 5.69 Å². The number of nitrogens with zero attached hydrogens (tertiary/aromatic N) is 1. The fourth-order valence-electron chi connectivity index (χ4n) is 6.00. The molecule has 4 nitrogen and oxygen atoms in total. The largest absolute Gasteiger partial charge is 0.324 e. The zero-order chi connectivity index (χ0) is 17.7. The van der Waals surface area contributed by atoms with Crippen LogP contribution in [0.25, 0.3) is 5.69 Å². The minimum absolute atomic E-state index is 0.0935. The summed E-state index contributed by atoms with van der Waals surface area (Å²) in [6.45, 7) is 0. The summed E-state index contributed by atoms with van der Waals surface area (Å²) < 4.78 is 1.59. The molecule has 4 heteroatoms. The first kappa shape index (κ1) is 15.9. The molecule has 1 N–H and O–H groups in total. The SMILES string of the molecule is O=C(Nc1ccc(=O)n(-c2ccccc2)c1)C12CC3CC(CC(C3)C1)C2. The lowest BCUT2D eigenvalue weighted by atomic mass is 9.49. The van der Waals surface area contributed by atoms with Gasteiger partial charge in [-0.05, 0) is 74.5 Å². The molecular formula is C22H24N2O2. The van der Waals surface area contributed by atoms with Crippen molar-refractivity contribution in [2.75, 3.05) is 5.32 Å². The highest BCUT2D eigenvalue weighted by Gasteiger charge is 2.54. The van der Waals surface area contributed by atoms with Crippen LogP contribution in [0, 0.1) is 23.2 Å². The van der Waals surface area contributed by atoms with Crippen LogP contribution >= 0.6 is 0 Å². The second-order valence-corrected chi connectivity index (χ2v) is 8.61. The van der Waals surface area contributed by atoms with Crippen molar-refractivity contribution in [1.29, 1.82) is 0 Å². The van der Waals surface area contributed by atoms with Crippen molar-refractivity contribution in [3.05, 3.63) is 59.0 Å². The molecule has 1 amide bonds. The molecule has 4 saturated carbocycles. The standard InChI is InChI=1S/C22H24N2O2/c25-20-7-6-18(14-24(20)19-4-2-1-3-5-19)23-21(26)22-11-15-8-16(12-22)10-17(9-15)13-22/h1-7,14-17H,8-13H2,(H,23,26). The van der Waals surface area contributed by atoms with Gasteiger partial charge in [0.15, 0.2) is 0 Å². The highest BCUT2D eigenvalue weighted by Crippen LogP contribution is 2.60. The van der Waals surface area contributed by atoms with Crippen LogP contribution in [0.4, 0.5) is 5.69 Å². The number of hydrogen-bond donors (Lipinski definition) is 1. The quantitative estimate of drug-likeness (QED) is 0.912. The maximum absolute atomic E-state index is 13.2. The summed E-state index contributed by atoms with van der Waals surface area (Å²) in [6.07, 6.45) is 8.85. The summed E-state index contributed by atoms with van der Waals surface area (Å²) in [5.41, 5.74) is 1.24. The third-order valence-corrected chi connectivity index (χ3v) is 6.72. The van der Waals surface area contributed by atoms with Crippen LogP contribution < -0.4 is 10.9 Å². The van der Waals surface area contributed by atoms with Crippen LogP contribution in [0.2, 0.25) is 0 Å². The second kappa shape index (κ2) is 5.83. The first-order chi connectivity index (χ1) is 12.6. The van der Waals surface area contributed by atoms with Crippen LogP contribution in [0.5, 0.6) is 0 Å². The van der Waals surface area contributed by atoms with E-state index in [4.69, 9.17) is 0 Å². The second-order valence-electron chi connectivity index (χ2n) is 8.61. The van der Waals surface area contributed by atoms with E-state index in [1.54, 1.807) is 16.8 Å². The number of para-hydroxylation sites is 1. The third-order valence-electron chi connectivity index (χ3n) is 6.72. The number of nitrogens with one attached hydrogen (secondary N) is 1. The normalized spacial score (nSPS) is 31.8. The summed E-state index contributed by atoms with van der Waals surface area (Å²) in [6, 6.07) is 12.8. The lowest BCUT2D eigenvalue weighted by Crippen LogP contribution is -2.51. The number of carbonyl (C=O) groups excluding carboxylic acids is 1. The summed E-state index contributed by atoms with van der Waals surface area (Å²) in [4.78, 5) is 25.4. The van der Waals surface area contributed by atoms with Gasteiger partial charge in [-0.1, -0.05) is 18.2 Å². The molecule has 4 aliphatic carbocycles. The maximum atomic E-state index is 13.2. The van der Waals surface area contributed by atoms with Crippen molar-refractivity contribution >= 4 is 11.6 Å². The van der Waals surface area contributed by atoms with Crippen LogP contribution in [0.3, 0.4) is 0 Å². The lowest BCUT2D eigenvalue weighted by molar-refractivity contribution is -0.140. The fourth-order valence-corrected chi connectivity index (χ4v) is 6.00. The molecule has 4 aliphatic rings. The Morgan fingerprint density at radius 2 is 1.54 bits per heavy atom. The third kappa shape index (κ3) is 2.59. The number of anilines is 1. The van der Waals surface area contributed by atoms with Crippen molar-refractivity contribution < 1.29 is 4.79 Å². The molecular weight excluding hydrogens is 324 g/mol. The van der Waals surface area contributed by atoms with Crippen LogP contribution in [-0.2, 0) is 4.79 Å². The number of amides is 1. The van der Waals surface area contributed by atoms with Gasteiger partial charge in [0, 0.05) is 18.0 Å². The van der Waals surface area contributed by atoms with E-state index in [0.717, 1.165) is 42.7 Å². The van der Waals surface area contributed by atoms with E-state index in [2.05, 4.69) is 5.32 Å². The number of carbonyl (C=O) groups is 1. The molecule has 1 heterocycles. The Kier molecular flexibility index (Phi) is 3.56. The van der Waals surface area contributed by atoms with Gasteiger partial charge in [0.2, 0.25) is 5.91 Å². The smallest absolute Gasteiger partial charge is 0.255 e.